The molecule has 2 rings (SSSR count). The van der Waals surface area contributed by atoms with Crippen LogP contribution in [0.3, 0.4) is 0 Å². The van der Waals surface area contributed by atoms with Gasteiger partial charge in [-0.05, 0) is 12.1 Å². The van der Waals surface area contributed by atoms with Crippen LogP contribution in [0.25, 0.3) is 0 Å². The van der Waals surface area contributed by atoms with E-state index in [0.717, 1.165) is 16.3 Å². The Morgan fingerprint density at radius 2 is 2.23 bits per heavy atom. The third-order valence-corrected chi connectivity index (χ3v) is 3.19. The Bertz CT molecular complexity index is 340. The molecule has 13 heavy (non-hydrogen) atoms. The number of quaternary nitrogens is 1. The number of carbonyl (C=O) groups is 1. The van der Waals surface area contributed by atoms with Crippen molar-refractivity contribution in [3.05, 3.63) is 24.3 Å². The van der Waals surface area contributed by atoms with Gasteiger partial charge in [-0.3, -0.25) is 4.79 Å². The molecule has 4 N–H and O–H groups in total. The molecule has 1 amide bonds. The molecule has 1 aliphatic heterocycles. The van der Waals surface area contributed by atoms with E-state index in [-0.39, 0.29) is 11.9 Å². The molecule has 1 aromatic carbocycles. The lowest BCUT2D eigenvalue weighted by atomic mass is 10.3. The predicted octanol–water partition coefficient (Wildman–Crippen LogP) is 0.341. The van der Waals surface area contributed by atoms with Crippen LogP contribution in [0.1, 0.15) is 0 Å². The highest BCUT2D eigenvalue weighted by Gasteiger charge is 2.22. The van der Waals surface area contributed by atoms with Gasteiger partial charge in [0, 0.05) is 4.90 Å². The summed E-state index contributed by atoms with van der Waals surface area (Å²) in [5, 5.41) is 2.85. The normalized spacial score (nSPS) is 21.6. The Labute approximate surface area is 80.7 Å². The summed E-state index contributed by atoms with van der Waals surface area (Å²) < 4.78 is 0. The van der Waals surface area contributed by atoms with Crippen molar-refractivity contribution in [2.75, 3.05) is 11.1 Å². The van der Waals surface area contributed by atoms with Gasteiger partial charge < -0.3 is 11.1 Å². The molecule has 0 aromatic heterocycles. The van der Waals surface area contributed by atoms with Crippen LogP contribution in [0.5, 0.6) is 0 Å². The fraction of sp³-hybridized carbons (Fsp3) is 0.222. The number of benzene rings is 1. The molecule has 0 bridgehead atoms. The summed E-state index contributed by atoms with van der Waals surface area (Å²) in [6, 6.07) is 7.67. The van der Waals surface area contributed by atoms with Gasteiger partial charge in [-0.15, -0.1) is 11.8 Å². The molecule has 0 radical (unpaired) electrons. The summed E-state index contributed by atoms with van der Waals surface area (Å²) in [7, 11) is 0. The maximum absolute atomic E-state index is 11.4. The first-order chi connectivity index (χ1) is 6.27. The molecular weight excluding hydrogens is 184 g/mol. The van der Waals surface area contributed by atoms with E-state index in [2.05, 4.69) is 11.1 Å². The molecule has 0 saturated heterocycles. The van der Waals surface area contributed by atoms with Crippen LogP contribution in [0.4, 0.5) is 5.69 Å². The average Bonchev–Trinajstić information content (AvgIpc) is 2.28. The Kier molecular flexibility index (Phi) is 2.24. The molecule has 4 heteroatoms. The van der Waals surface area contributed by atoms with E-state index in [1.807, 2.05) is 24.3 Å². The summed E-state index contributed by atoms with van der Waals surface area (Å²) in [5.74, 6) is 0.764. The minimum atomic E-state index is -0.155. The van der Waals surface area contributed by atoms with Gasteiger partial charge in [0.1, 0.15) is 0 Å². The van der Waals surface area contributed by atoms with Crippen molar-refractivity contribution >= 4 is 23.4 Å². The van der Waals surface area contributed by atoms with Crippen molar-refractivity contribution in [2.45, 2.75) is 10.9 Å². The third-order valence-electron chi connectivity index (χ3n) is 1.96. The number of carbonyl (C=O) groups excluding carboxylic acids is 1. The van der Waals surface area contributed by atoms with Gasteiger partial charge in [0.2, 0.25) is 0 Å². The average molecular weight is 195 g/mol. The van der Waals surface area contributed by atoms with Crippen LogP contribution >= 0.6 is 11.8 Å². The Morgan fingerprint density at radius 3 is 3.08 bits per heavy atom. The van der Waals surface area contributed by atoms with Crippen molar-refractivity contribution in [1.82, 2.24) is 0 Å². The maximum Gasteiger partial charge on any atom is 0.283 e. The molecule has 0 unspecified atom stereocenters. The van der Waals surface area contributed by atoms with Crippen LogP contribution in [0.15, 0.2) is 29.2 Å². The number of anilines is 1. The first kappa shape index (κ1) is 8.59. The van der Waals surface area contributed by atoms with Crippen molar-refractivity contribution in [2.24, 2.45) is 0 Å². The number of rotatable bonds is 0. The van der Waals surface area contributed by atoms with Gasteiger partial charge in [0.05, 0.1) is 11.4 Å². The van der Waals surface area contributed by atoms with Crippen LogP contribution in [-0.2, 0) is 4.79 Å². The van der Waals surface area contributed by atoms with Crippen LogP contribution in [-0.4, -0.2) is 17.7 Å². The highest BCUT2D eigenvalue weighted by molar-refractivity contribution is 7.99. The monoisotopic (exact) mass is 195 g/mol. The molecule has 1 heterocycles. The molecule has 1 atom stereocenters. The molecule has 1 aliphatic rings. The quantitative estimate of drug-likeness (QED) is 0.627. The van der Waals surface area contributed by atoms with Crippen molar-refractivity contribution in [3.8, 4) is 0 Å². The molecule has 0 aliphatic carbocycles. The fourth-order valence-electron chi connectivity index (χ4n) is 1.20. The second kappa shape index (κ2) is 3.40. The Balaban J connectivity index is 2.35. The van der Waals surface area contributed by atoms with E-state index in [1.54, 1.807) is 11.8 Å². The predicted molar refractivity (Wildman–Crippen MR) is 52.5 cm³/mol. The number of hydrogen-bond acceptors (Lipinski definition) is 2. The Morgan fingerprint density at radius 1 is 1.46 bits per heavy atom. The molecule has 0 spiro atoms. The summed E-state index contributed by atoms with van der Waals surface area (Å²) in [6.07, 6.45) is 0. The van der Waals surface area contributed by atoms with Gasteiger partial charge in [-0.25, -0.2) is 0 Å². The molecule has 0 fully saturated rings. The highest BCUT2D eigenvalue weighted by Crippen LogP contribution is 2.29. The lowest BCUT2D eigenvalue weighted by molar-refractivity contribution is -0.395. The van der Waals surface area contributed by atoms with Crippen LogP contribution < -0.4 is 11.1 Å². The van der Waals surface area contributed by atoms with E-state index < -0.39 is 0 Å². The fourth-order valence-corrected chi connectivity index (χ4v) is 2.18. The van der Waals surface area contributed by atoms with Gasteiger partial charge in [0.15, 0.2) is 6.04 Å². The third kappa shape index (κ3) is 1.68. The minimum absolute atomic E-state index is 0.0115. The smallest absolute Gasteiger partial charge is 0.283 e. The van der Waals surface area contributed by atoms with Crippen molar-refractivity contribution < 1.29 is 10.5 Å². The van der Waals surface area contributed by atoms with Gasteiger partial charge in [-0.1, -0.05) is 12.1 Å². The first-order valence-corrected chi connectivity index (χ1v) is 5.12. The number of para-hydroxylation sites is 1. The molecule has 1 aromatic rings. The van der Waals surface area contributed by atoms with E-state index in [9.17, 15) is 4.79 Å². The zero-order chi connectivity index (χ0) is 9.26. The van der Waals surface area contributed by atoms with E-state index in [4.69, 9.17) is 0 Å². The molecular formula is C9H11N2OS+. The van der Waals surface area contributed by atoms with Gasteiger partial charge in [0.25, 0.3) is 5.91 Å². The summed E-state index contributed by atoms with van der Waals surface area (Å²) in [6.45, 7) is 0. The molecule has 68 valence electrons. The lowest BCUT2D eigenvalue weighted by Crippen LogP contribution is -2.67. The minimum Gasteiger partial charge on any atom is -0.347 e. The van der Waals surface area contributed by atoms with Gasteiger partial charge >= 0.3 is 0 Å². The second-order valence-electron chi connectivity index (χ2n) is 2.99. The number of amides is 1. The molecule has 0 saturated carbocycles. The molecule has 3 nitrogen and oxygen atoms in total. The maximum atomic E-state index is 11.4. The number of thioether (sulfide) groups is 1. The number of hydrogen-bond donors (Lipinski definition) is 2. The summed E-state index contributed by atoms with van der Waals surface area (Å²) in [5.41, 5.74) is 4.69. The lowest BCUT2D eigenvalue weighted by Gasteiger charge is -2.03. The standard InChI is InChI=1S/C9H10N2OS/c10-6-5-13-8-4-2-1-3-7(8)11-9(6)12/h1-4,6H,5,10H2,(H,11,12)/p+1/t6-/m1/s1. The van der Waals surface area contributed by atoms with Crippen molar-refractivity contribution in [3.63, 3.8) is 0 Å². The summed E-state index contributed by atoms with van der Waals surface area (Å²) >= 11 is 1.68. The zero-order valence-corrected chi connectivity index (χ0v) is 7.93. The zero-order valence-electron chi connectivity index (χ0n) is 7.12. The van der Waals surface area contributed by atoms with E-state index >= 15 is 0 Å². The largest absolute Gasteiger partial charge is 0.347 e. The highest BCUT2D eigenvalue weighted by atomic mass is 32.2. The number of fused-ring (bicyclic) bond motifs is 1. The van der Waals surface area contributed by atoms with Gasteiger partial charge in [-0.2, -0.15) is 0 Å². The first-order valence-electron chi connectivity index (χ1n) is 4.13. The van der Waals surface area contributed by atoms with E-state index in [0.29, 0.717) is 0 Å². The second-order valence-corrected chi connectivity index (χ2v) is 4.06. The van der Waals surface area contributed by atoms with Crippen LogP contribution in [0.2, 0.25) is 0 Å². The summed E-state index contributed by atoms with van der Waals surface area (Å²) in [4.78, 5) is 12.5. The van der Waals surface area contributed by atoms with Crippen LogP contribution in [0, 0.1) is 0 Å². The Hall–Kier alpha value is -1.00. The topological polar surface area (TPSA) is 56.7 Å². The SMILES string of the molecule is [NH3+][C@@H]1CSc2ccccc2NC1=O. The number of nitrogens with one attached hydrogen (secondary N) is 1. The van der Waals surface area contributed by atoms with E-state index in [1.165, 1.54) is 0 Å². The van der Waals surface area contributed by atoms with Crippen molar-refractivity contribution in [1.29, 1.82) is 0 Å².